The predicted molar refractivity (Wildman–Crippen MR) is 119 cm³/mol. The van der Waals surface area contributed by atoms with E-state index >= 15 is 0 Å². The monoisotopic (exact) mass is 433 g/mol. The lowest BCUT2D eigenvalue weighted by molar-refractivity contribution is -0.890. The summed E-state index contributed by atoms with van der Waals surface area (Å²) < 4.78 is 32.3. The van der Waals surface area contributed by atoms with Crippen molar-refractivity contribution in [1.29, 1.82) is 0 Å². The van der Waals surface area contributed by atoms with Crippen molar-refractivity contribution in [1.82, 2.24) is 0 Å². The first-order valence-corrected chi connectivity index (χ1v) is 12.5. The fraction of sp³-hybridized carbons (Fsp3) is 0.727. The molecule has 0 N–H and O–H groups in total. The Labute approximate surface area is 178 Å². The summed E-state index contributed by atoms with van der Waals surface area (Å²) in [7, 11) is 0.435. The molecular formula is C22H40ClNO3S. The van der Waals surface area contributed by atoms with E-state index in [2.05, 4.69) is 21.0 Å². The summed E-state index contributed by atoms with van der Waals surface area (Å²) in [6.07, 6.45) is 12.3. The number of halogens is 1. The highest BCUT2D eigenvalue weighted by molar-refractivity contribution is 7.85. The fourth-order valence-electron chi connectivity index (χ4n) is 2.95. The van der Waals surface area contributed by atoms with Crippen LogP contribution in [0, 0.1) is 6.92 Å². The molecule has 0 aliphatic heterocycles. The summed E-state index contributed by atoms with van der Waals surface area (Å²) in [5.41, 5.74) is 0.928. The van der Waals surface area contributed by atoms with Crippen LogP contribution in [0.4, 0.5) is 0 Å². The molecule has 1 aromatic carbocycles. The summed E-state index contributed by atoms with van der Waals surface area (Å²) in [4.78, 5) is -0.178. The molecule has 0 aromatic heterocycles. The molecule has 0 aliphatic carbocycles. The van der Waals surface area contributed by atoms with Gasteiger partial charge in [0.25, 0.3) is 0 Å². The zero-order valence-corrected chi connectivity index (χ0v) is 19.8. The third kappa shape index (κ3) is 15.3. The van der Waals surface area contributed by atoms with Crippen LogP contribution in [0.25, 0.3) is 0 Å². The molecule has 0 atom stereocenters. The van der Waals surface area contributed by atoms with E-state index < -0.39 is 10.1 Å². The lowest BCUT2D eigenvalue weighted by atomic mass is 10.1. The average molecular weight is 434 g/mol. The van der Waals surface area contributed by atoms with Crippen molar-refractivity contribution in [3.05, 3.63) is 29.8 Å². The number of nitrogens with zero attached hydrogens (tertiary/aromatic N) is 1. The van der Waals surface area contributed by atoms with E-state index in [4.69, 9.17) is 11.6 Å². The maximum atomic E-state index is 10.4. The average Bonchev–Trinajstić information content (AvgIpc) is 2.61. The molecule has 0 heterocycles. The van der Waals surface area contributed by atoms with Crippen LogP contribution < -0.4 is 0 Å². The Morgan fingerprint density at radius 2 is 1.32 bits per heavy atom. The number of hydrogen-bond donors (Lipinski definition) is 0. The normalized spacial score (nSPS) is 11.8. The summed E-state index contributed by atoms with van der Waals surface area (Å²) >= 11 is 5.71. The highest BCUT2D eigenvalue weighted by Gasteiger charge is 2.13. The molecule has 28 heavy (non-hydrogen) atoms. The minimum atomic E-state index is -4.27. The van der Waals surface area contributed by atoms with Crippen molar-refractivity contribution in [3.63, 3.8) is 0 Å². The number of quaternary nitrogens is 1. The van der Waals surface area contributed by atoms with Gasteiger partial charge in [-0.15, -0.1) is 11.6 Å². The molecule has 4 nitrogen and oxygen atoms in total. The number of aryl methyl sites for hydroxylation is 1. The van der Waals surface area contributed by atoms with Crippen LogP contribution in [0.2, 0.25) is 0 Å². The predicted octanol–water partition coefficient (Wildman–Crippen LogP) is 5.73. The van der Waals surface area contributed by atoms with Gasteiger partial charge in [-0.1, -0.05) is 56.7 Å². The van der Waals surface area contributed by atoms with E-state index in [1.54, 1.807) is 12.1 Å². The molecule has 1 aromatic rings. The lowest BCUT2D eigenvalue weighted by Gasteiger charge is -2.29. The number of unbranched alkanes of at least 4 members (excludes halogenated alkanes) is 7. The Morgan fingerprint density at radius 3 is 1.79 bits per heavy atom. The first-order chi connectivity index (χ1) is 13.1. The highest BCUT2D eigenvalue weighted by atomic mass is 35.5. The van der Waals surface area contributed by atoms with Gasteiger partial charge in [-0.05, 0) is 44.7 Å². The Kier molecular flexibility index (Phi) is 14.9. The standard InChI is InChI=1S/C15H33ClN.C7H8O3S/c1-4-5-6-7-8-9-11-14-17(2,3)15-12-10-13-16;1-6-2-4-7(5-3-6)11(8,9)10/h4-15H2,1-3H3;2-5H,1H3,(H,8,9,10)/q+1;/p-1. The zero-order valence-electron chi connectivity index (χ0n) is 18.3. The van der Waals surface area contributed by atoms with Crippen LogP contribution in [0.1, 0.15) is 70.3 Å². The van der Waals surface area contributed by atoms with E-state index in [1.165, 1.54) is 87.5 Å². The summed E-state index contributed by atoms with van der Waals surface area (Å²) in [6, 6.07) is 5.78. The van der Waals surface area contributed by atoms with Gasteiger partial charge >= 0.3 is 0 Å². The van der Waals surface area contributed by atoms with Crippen LogP contribution in [-0.2, 0) is 10.1 Å². The molecule has 0 fully saturated rings. The first-order valence-electron chi connectivity index (χ1n) is 10.5. The van der Waals surface area contributed by atoms with Crippen molar-refractivity contribution < 1.29 is 17.5 Å². The lowest BCUT2D eigenvalue weighted by Crippen LogP contribution is -2.41. The van der Waals surface area contributed by atoms with E-state index in [1.807, 2.05) is 6.92 Å². The topological polar surface area (TPSA) is 57.2 Å². The van der Waals surface area contributed by atoms with E-state index in [0.717, 1.165) is 11.4 Å². The van der Waals surface area contributed by atoms with Gasteiger partial charge in [0, 0.05) is 5.88 Å². The fourth-order valence-corrected chi connectivity index (χ4v) is 3.61. The smallest absolute Gasteiger partial charge is 0.124 e. The molecule has 0 radical (unpaired) electrons. The summed E-state index contributed by atoms with van der Waals surface area (Å²) in [5, 5.41) is 0. The van der Waals surface area contributed by atoms with Crippen LogP contribution >= 0.6 is 11.6 Å². The van der Waals surface area contributed by atoms with Crippen molar-refractivity contribution in [3.8, 4) is 0 Å². The van der Waals surface area contributed by atoms with Crippen LogP contribution in [0.3, 0.4) is 0 Å². The van der Waals surface area contributed by atoms with E-state index in [-0.39, 0.29) is 4.90 Å². The van der Waals surface area contributed by atoms with Gasteiger partial charge in [0.15, 0.2) is 0 Å². The van der Waals surface area contributed by atoms with E-state index in [0.29, 0.717) is 0 Å². The molecule has 0 bridgehead atoms. The molecule has 0 saturated carbocycles. The highest BCUT2D eigenvalue weighted by Crippen LogP contribution is 2.10. The molecule has 0 aliphatic rings. The Morgan fingerprint density at radius 1 is 0.857 bits per heavy atom. The van der Waals surface area contributed by atoms with Crippen molar-refractivity contribution in [2.24, 2.45) is 0 Å². The zero-order chi connectivity index (χ0) is 21.5. The number of alkyl halides is 1. The molecular weight excluding hydrogens is 394 g/mol. The number of rotatable bonds is 13. The minimum Gasteiger partial charge on any atom is -0.744 e. The van der Waals surface area contributed by atoms with Crippen LogP contribution in [0.5, 0.6) is 0 Å². The number of hydrogen-bond acceptors (Lipinski definition) is 3. The molecule has 0 amide bonds. The van der Waals surface area contributed by atoms with Gasteiger partial charge in [-0.25, -0.2) is 8.42 Å². The second-order valence-electron chi connectivity index (χ2n) is 8.17. The van der Waals surface area contributed by atoms with Gasteiger partial charge in [0.05, 0.1) is 32.1 Å². The SMILES string of the molecule is CCCCCCCCC[N+](C)(C)CCCCCl.Cc1ccc(S(=O)(=O)[O-])cc1. The molecule has 0 unspecified atom stereocenters. The summed E-state index contributed by atoms with van der Waals surface area (Å²) in [6.45, 7) is 6.71. The maximum absolute atomic E-state index is 10.4. The minimum absolute atomic E-state index is 0.178. The second-order valence-corrected chi connectivity index (χ2v) is 9.93. The first kappa shape index (κ1) is 27.4. The Bertz CT molecular complexity index is 601. The van der Waals surface area contributed by atoms with Crippen molar-refractivity contribution in [2.45, 2.75) is 76.5 Å². The Hall–Kier alpha value is -0.620. The Balaban J connectivity index is 0.000000567. The third-order valence-corrected chi connectivity index (χ3v) is 5.94. The summed E-state index contributed by atoms with van der Waals surface area (Å²) in [5.74, 6) is 0.817. The van der Waals surface area contributed by atoms with Gasteiger partial charge in [0.2, 0.25) is 0 Å². The number of benzene rings is 1. The van der Waals surface area contributed by atoms with Crippen molar-refractivity contribution >= 4 is 21.7 Å². The largest absolute Gasteiger partial charge is 0.744 e. The van der Waals surface area contributed by atoms with E-state index in [9.17, 15) is 13.0 Å². The van der Waals surface area contributed by atoms with Gasteiger partial charge in [0.1, 0.15) is 10.1 Å². The van der Waals surface area contributed by atoms with Gasteiger partial charge in [-0.2, -0.15) is 0 Å². The third-order valence-electron chi connectivity index (χ3n) is 4.82. The van der Waals surface area contributed by atoms with Crippen molar-refractivity contribution in [2.75, 3.05) is 33.1 Å². The van der Waals surface area contributed by atoms with Gasteiger partial charge in [-0.3, -0.25) is 0 Å². The maximum Gasteiger partial charge on any atom is 0.124 e. The quantitative estimate of drug-likeness (QED) is 0.173. The molecule has 0 spiro atoms. The molecule has 164 valence electrons. The van der Waals surface area contributed by atoms with Crippen LogP contribution in [0.15, 0.2) is 29.2 Å². The molecule has 1 rings (SSSR count). The molecule has 0 saturated heterocycles. The van der Waals surface area contributed by atoms with Crippen LogP contribution in [-0.4, -0.2) is 50.5 Å². The molecule has 6 heteroatoms. The second kappa shape index (κ2) is 15.3. The van der Waals surface area contributed by atoms with Gasteiger partial charge < -0.3 is 9.04 Å².